The quantitative estimate of drug-likeness (QED) is 0.708. The number of ketones is 1. The molecule has 1 aromatic carbocycles. The van der Waals surface area contributed by atoms with Crippen molar-refractivity contribution in [1.29, 1.82) is 0 Å². The molecule has 0 saturated heterocycles. The van der Waals surface area contributed by atoms with E-state index in [0.29, 0.717) is 12.0 Å². The van der Waals surface area contributed by atoms with E-state index >= 15 is 0 Å². The third-order valence-corrected chi connectivity index (χ3v) is 2.71. The Morgan fingerprint density at radius 1 is 1.44 bits per heavy atom. The fourth-order valence-corrected chi connectivity index (χ4v) is 1.42. The van der Waals surface area contributed by atoms with Crippen molar-refractivity contribution < 1.29 is 13.6 Å². The van der Waals surface area contributed by atoms with Crippen LogP contribution in [0.1, 0.15) is 43.1 Å². The topological polar surface area (TPSA) is 17.1 Å². The van der Waals surface area contributed by atoms with E-state index in [1.165, 1.54) is 18.2 Å². The van der Waals surface area contributed by atoms with Crippen LogP contribution in [0, 0.1) is 5.92 Å². The zero-order chi connectivity index (χ0) is 12.3. The zero-order valence-electron chi connectivity index (χ0n) is 9.76. The average Bonchev–Trinajstić information content (AvgIpc) is 2.26. The van der Waals surface area contributed by atoms with Crippen LogP contribution in [0.3, 0.4) is 0 Å². The second kappa shape index (κ2) is 4.73. The number of hydrogen-bond acceptors (Lipinski definition) is 1. The lowest BCUT2D eigenvalue weighted by Gasteiger charge is -2.13. The highest BCUT2D eigenvalue weighted by molar-refractivity contribution is 5.97. The molecule has 1 atom stereocenters. The minimum Gasteiger partial charge on any atom is -0.294 e. The van der Waals surface area contributed by atoms with Crippen molar-refractivity contribution in [3.05, 3.63) is 35.4 Å². The van der Waals surface area contributed by atoms with E-state index in [4.69, 9.17) is 0 Å². The number of Topliss-reactive ketones (excluding diaryl/α,β-unsaturated/α-hetero) is 1. The normalized spacial score (nSPS) is 13.6. The van der Waals surface area contributed by atoms with Crippen LogP contribution in [0.15, 0.2) is 24.3 Å². The molecule has 3 heteroatoms. The van der Waals surface area contributed by atoms with Gasteiger partial charge in [-0.15, -0.1) is 0 Å². The van der Waals surface area contributed by atoms with Gasteiger partial charge in [-0.2, -0.15) is 0 Å². The summed E-state index contributed by atoms with van der Waals surface area (Å²) in [5, 5.41) is 0. The van der Waals surface area contributed by atoms with E-state index in [1.54, 1.807) is 13.0 Å². The summed E-state index contributed by atoms with van der Waals surface area (Å²) in [6, 6.07) is 5.72. The number of carbonyl (C=O) groups excluding carboxylic acids is 1. The fourth-order valence-electron chi connectivity index (χ4n) is 1.42. The molecular formula is C13H16F2O. The highest BCUT2D eigenvalue weighted by Crippen LogP contribution is 2.27. The summed E-state index contributed by atoms with van der Waals surface area (Å²) in [6.45, 7) is 4.54. The molecule has 0 aliphatic rings. The van der Waals surface area contributed by atoms with Crippen LogP contribution in [0.25, 0.3) is 0 Å². The van der Waals surface area contributed by atoms with Gasteiger partial charge in [0, 0.05) is 24.0 Å². The third kappa shape index (κ3) is 2.87. The predicted molar refractivity (Wildman–Crippen MR) is 59.8 cm³/mol. The third-order valence-electron chi connectivity index (χ3n) is 2.71. The van der Waals surface area contributed by atoms with Gasteiger partial charge in [-0.3, -0.25) is 4.79 Å². The summed E-state index contributed by atoms with van der Waals surface area (Å²) < 4.78 is 26.1. The van der Waals surface area contributed by atoms with Gasteiger partial charge in [0.05, 0.1) is 0 Å². The molecule has 0 fully saturated rings. The van der Waals surface area contributed by atoms with Crippen LogP contribution in [-0.2, 0) is 5.92 Å². The molecule has 1 unspecified atom stereocenters. The van der Waals surface area contributed by atoms with Crippen LogP contribution in [0.5, 0.6) is 0 Å². The minimum absolute atomic E-state index is 0.0754. The summed E-state index contributed by atoms with van der Waals surface area (Å²) in [7, 11) is 0. The van der Waals surface area contributed by atoms with E-state index in [0.717, 1.165) is 6.92 Å². The first-order chi connectivity index (χ1) is 7.36. The molecule has 0 aliphatic carbocycles. The molecule has 0 bridgehead atoms. The maximum atomic E-state index is 13.1. The van der Waals surface area contributed by atoms with Gasteiger partial charge in [0.1, 0.15) is 0 Å². The molecule has 0 saturated carbocycles. The van der Waals surface area contributed by atoms with Gasteiger partial charge in [0.15, 0.2) is 5.78 Å². The Kier molecular flexibility index (Phi) is 3.79. The van der Waals surface area contributed by atoms with Crippen LogP contribution >= 0.6 is 0 Å². The second-order valence-electron chi connectivity index (χ2n) is 4.14. The predicted octanol–water partition coefficient (Wildman–Crippen LogP) is 4.03. The number of carbonyl (C=O) groups is 1. The number of alkyl halides is 2. The molecular weight excluding hydrogens is 210 g/mol. The molecule has 0 radical (unpaired) electrons. The first-order valence-electron chi connectivity index (χ1n) is 5.38. The van der Waals surface area contributed by atoms with Crippen molar-refractivity contribution in [2.24, 2.45) is 5.92 Å². The summed E-state index contributed by atoms with van der Waals surface area (Å²) >= 11 is 0. The number of rotatable bonds is 4. The SMILES string of the molecule is CCC(C)C(=O)c1cccc(C(C)(F)F)c1. The Labute approximate surface area is 94.5 Å². The minimum atomic E-state index is -2.90. The lowest BCUT2D eigenvalue weighted by atomic mass is 9.95. The Morgan fingerprint density at radius 2 is 2.06 bits per heavy atom. The molecule has 1 rings (SSSR count). The van der Waals surface area contributed by atoms with Crippen LogP contribution < -0.4 is 0 Å². The lowest BCUT2D eigenvalue weighted by Crippen LogP contribution is -2.13. The number of hydrogen-bond donors (Lipinski definition) is 0. The number of benzene rings is 1. The summed E-state index contributed by atoms with van der Waals surface area (Å²) in [5.41, 5.74) is 0.259. The fraction of sp³-hybridized carbons (Fsp3) is 0.462. The summed E-state index contributed by atoms with van der Waals surface area (Å²) in [4.78, 5) is 11.8. The highest BCUT2D eigenvalue weighted by Gasteiger charge is 2.25. The summed E-state index contributed by atoms with van der Waals surface area (Å²) in [6.07, 6.45) is 0.714. The van der Waals surface area contributed by atoms with Gasteiger partial charge >= 0.3 is 0 Å². The van der Waals surface area contributed by atoms with Gasteiger partial charge < -0.3 is 0 Å². The van der Waals surface area contributed by atoms with Crippen LogP contribution in [0.2, 0.25) is 0 Å². The number of halogens is 2. The molecule has 0 heterocycles. The molecule has 16 heavy (non-hydrogen) atoms. The van der Waals surface area contributed by atoms with Gasteiger partial charge in [0.25, 0.3) is 5.92 Å². The maximum absolute atomic E-state index is 13.1. The molecule has 0 amide bonds. The largest absolute Gasteiger partial charge is 0.294 e. The molecule has 1 nitrogen and oxygen atoms in total. The maximum Gasteiger partial charge on any atom is 0.270 e. The standard InChI is InChI=1S/C13H16F2O/c1-4-9(2)12(16)10-6-5-7-11(8-10)13(3,14)15/h5-9H,4H2,1-3H3. The van der Waals surface area contributed by atoms with Gasteiger partial charge in [-0.1, -0.05) is 32.0 Å². The van der Waals surface area contributed by atoms with E-state index in [9.17, 15) is 13.6 Å². The Balaban J connectivity index is 3.04. The highest BCUT2D eigenvalue weighted by atomic mass is 19.3. The molecule has 0 N–H and O–H groups in total. The van der Waals surface area contributed by atoms with E-state index in [-0.39, 0.29) is 17.3 Å². The summed E-state index contributed by atoms with van der Waals surface area (Å²) in [5.74, 6) is -3.10. The van der Waals surface area contributed by atoms with E-state index in [2.05, 4.69) is 0 Å². The Hall–Kier alpha value is -1.25. The van der Waals surface area contributed by atoms with Crippen molar-refractivity contribution >= 4 is 5.78 Å². The van der Waals surface area contributed by atoms with Gasteiger partial charge in [0.2, 0.25) is 0 Å². The second-order valence-corrected chi connectivity index (χ2v) is 4.14. The van der Waals surface area contributed by atoms with Crippen molar-refractivity contribution in [1.82, 2.24) is 0 Å². The van der Waals surface area contributed by atoms with Crippen LogP contribution in [0.4, 0.5) is 8.78 Å². The van der Waals surface area contributed by atoms with Crippen molar-refractivity contribution in [3.63, 3.8) is 0 Å². The monoisotopic (exact) mass is 226 g/mol. The average molecular weight is 226 g/mol. The molecule has 0 aromatic heterocycles. The van der Waals surface area contributed by atoms with Crippen molar-refractivity contribution in [3.8, 4) is 0 Å². The van der Waals surface area contributed by atoms with Crippen molar-refractivity contribution in [2.45, 2.75) is 33.1 Å². The molecule has 0 spiro atoms. The first-order valence-corrected chi connectivity index (χ1v) is 5.38. The Bertz CT molecular complexity index is 380. The van der Waals surface area contributed by atoms with E-state index in [1.807, 2.05) is 6.92 Å². The van der Waals surface area contributed by atoms with Crippen molar-refractivity contribution in [2.75, 3.05) is 0 Å². The Morgan fingerprint density at radius 3 is 2.56 bits per heavy atom. The smallest absolute Gasteiger partial charge is 0.270 e. The molecule has 0 aliphatic heterocycles. The lowest BCUT2D eigenvalue weighted by molar-refractivity contribution is 0.0174. The molecule has 1 aromatic rings. The van der Waals surface area contributed by atoms with Crippen LogP contribution in [-0.4, -0.2) is 5.78 Å². The first kappa shape index (κ1) is 12.8. The zero-order valence-corrected chi connectivity index (χ0v) is 9.76. The van der Waals surface area contributed by atoms with Gasteiger partial charge in [-0.05, 0) is 12.5 Å². The van der Waals surface area contributed by atoms with E-state index < -0.39 is 5.92 Å². The van der Waals surface area contributed by atoms with Gasteiger partial charge in [-0.25, -0.2) is 8.78 Å². The molecule has 88 valence electrons.